The summed E-state index contributed by atoms with van der Waals surface area (Å²) in [6.07, 6.45) is 0.724. The summed E-state index contributed by atoms with van der Waals surface area (Å²) in [5.74, 6) is -0.243. The van der Waals surface area contributed by atoms with Gasteiger partial charge in [-0.05, 0) is 87.2 Å². The number of nitrogens with one attached hydrogen (secondary N) is 1. The van der Waals surface area contributed by atoms with Crippen molar-refractivity contribution in [2.24, 2.45) is 0 Å². The highest BCUT2D eigenvalue weighted by Gasteiger charge is 2.33. The fourth-order valence-electron chi connectivity index (χ4n) is 4.61. The van der Waals surface area contributed by atoms with Gasteiger partial charge in [0.1, 0.15) is 12.6 Å². The van der Waals surface area contributed by atoms with Crippen LogP contribution in [0, 0.1) is 13.8 Å². The molecule has 9 nitrogen and oxygen atoms in total. The second-order valence-electron chi connectivity index (χ2n) is 10.5. The van der Waals surface area contributed by atoms with Gasteiger partial charge in [-0.25, -0.2) is 8.42 Å². The molecule has 11 heteroatoms. The van der Waals surface area contributed by atoms with Crippen LogP contribution in [0.1, 0.15) is 43.9 Å². The molecule has 0 saturated heterocycles. The molecule has 0 aromatic heterocycles. The topological polar surface area (TPSA) is 105 Å². The minimum atomic E-state index is -4.28. The van der Waals surface area contributed by atoms with E-state index in [4.69, 9.17) is 9.47 Å². The lowest BCUT2D eigenvalue weighted by Crippen LogP contribution is -2.52. The predicted molar refractivity (Wildman–Crippen MR) is 172 cm³/mol. The van der Waals surface area contributed by atoms with Gasteiger partial charge in [-0.2, -0.15) is 0 Å². The van der Waals surface area contributed by atoms with Gasteiger partial charge in [-0.1, -0.05) is 41.1 Å². The molecular weight excluding hydrogens is 634 g/mol. The Labute approximate surface area is 263 Å². The lowest BCUT2D eigenvalue weighted by molar-refractivity contribution is -0.139. The van der Waals surface area contributed by atoms with Crippen molar-refractivity contribution in [3.05, 3.63) is 81.8 Å². The minimum absolute atomic E-state index is 0.0711. The number of hydrogen-bond donors (Lipinski definition) is 1. The van der Waals surface area contributed by atoms with Gasteiger partial charge in [0, 0.05) is 23.1 Å². The first-order chi connectivity index (χ1) is 20.3. The molecular formula is C32H40BrN3O6S. The van der Waals surface area contributed by atoms with Gasteiger partial charge in [0.25, 0.3) is 10.0 Å². The lowest BCUT2D eigenvalue weighted by Gasteiger charge is -2.32. The third-order valence-corrected chi connectivity index (χ3v) is 9.39. The average Bonchev–Trinajstić information content (AvgIpc) is 2.96. The number of carbonyl (C=O) groups excluding carboxylic acids is 2. The number of benzene rings is 3. The van der Waals surface area contributed by atoms with Crippen molar-refractivity contribution in [2.75, 3.05) is 25.1 Å². The van der Waals surface area contributed by atoms with Gasteiger partial charge in [-0.3, -0.25) is 13.9 Å². The maximum absolute atomic E-state index is 14.2. The molecule has 0 aliphatic heterocycles. The number of rotatable bonds is 13. The maximum Gasteiger partial charge on any atom is 0.264 e. The highest BCUT2D eigenvalue weighted by atomic mass is 79.9. The minimum Gasteiger partial charge on any atom is -0.493 e. The van der Waals surface area contributed by atoms with E-state index in [9.17, 15) is 18.0 Å². The van der Waals surface area contributed by atoms with Crippen molar-refractivity contribution in [3.8, 4) is 11.5 Å². The van der Waals surface area contributed by atoms with E-state index in [2.05, 4.69) is 21.2 Å². The fraction of sp³-hybridized carbons (Fsp3) is 0.375. The summed E-state index contributed by atoms with van der Waals surface area (Å²) >= 11 is 3.47. The highest BCUT2D eigenvalue weighted by Crippen LogP contribution is 2.33. The molecule has 43 heavy (non-hydrogen) atoms. The molecule has 0 fully saturated rings. The molecule has 3 aromatic rings. The van der Waals surface area contributed by atoms with Crippen LogP contribution in [0.25, 0.3) is 0 Å². The molecule has 0 aliphatic carbocycles. The smallest absolute Gasteiger partial charge is 0.264 e. The zero-order chi connectivity index (χ0) is 31.9. The van der Waals surface area contributed by atoms with Gasteiger partial charge in [0.05, 0.1) is 24.8 Å². The molecule has 0 saturated carbocycles. The molecule has 0 unspecified atom stereocenters. The number of nitrogens with zero attached hydrogens (tertiary/aromatic N) is 2. The molecule has 0 heterocycles. The standard InChI is InChI=1S/C32H40BrN3O6S/c1-8-23(4)34-32(38)24(5)35(19-25-10-9-11-26(33)17-25)31(37)20-36(27-15-21(2)14-22(3)16-27)43(39,40)28-12-13-29(41-6)30(18-28)42-7/h9-18,23-24H,8,19-20H2,1-7H3,(H,34,38)/t23-,24-/m1/s1. The molecule has 232 valence electrons. The van der Waals surface area contributed by atoms with E-state index in [1.54, 1.807) is 19.1 Å². The first-order valence-electron chi connectivity index (χ1n) is 14.0. The van der Waals surface area contributed by atoms with E-state index in [-0.39, 0.29) is 29.1 Å². The summed E-state index contributed by atoms with van der Waals surface area (Å²) in [4.78, 5) is 28.8. The Hall–Kier alpha value is -3.57. The first-order valence-corrected chi connectivity index (χ1v) is 16.2. The number of hydrogen-bond acceptors (Lipinski definition) is 6. The quantitative estimate of drug-likeness (QED) is 0.253. The third kappa shape index (κ3) is 8.51. The summed E-state index contributed by atoms with van der Waals surface area (Å²) < 4.78 is 41.0. The Morgan fingerprint density at radius 3 is 2.16 bits per heavy atom. The van der Waals surface area contributed by atoms with E-state index in [0.29, 0.717) is 11.4 Å². The van der Waals surface area contributed by atoms with E-state index in [1.807, 2.05) is 58.0 Å². The third-order valence-electron chi connectivity index (χ3n) is 7.13. The molecule has 0 spiro atoms. The number of halogens is 1. The van der Waals surface area contributed by atoms with Crippen molar-refractivity contribution in [1.82, 2.24) is 10.2 Å². The summed E-state index contributed by atoms with van der Waals surface area (Å²) in [6, 6.07) is 16.1. The molecule has 0 bridgehead atoms. The van der Waals surface area contributed by atoms with Crippen LogP contribution in [0.4, 0.5) is 5.69 Å². The van der Waals surface area contributed by atoms with Gasteiger partial charge in [0.15, 0.2) is 11.5 Å². The predicted octanol–water partition coefficient (Wildman–Crippen LogP) is 5.61. The fourth-order valence-corrected chi connectivity index (χ4v) is 6.47. The Bertz CT molecular complexity index is 1540. The number of sulfonamides is 1. The number of ether oxygens (including phenoxy) is 2. The Balaban J connectivity index is 2.11. The molecule has 1 N–H and O–H groups in total. The molecule has 3 aromatic carbocycles. The van der Waals surface area contributed by atoms with Crippen LogP contribution in [0.15, 0.2) is 70.0 Å². The van der Waals surface area contributed by atoms with Crippen LogP contribution in [0.5, 0.6) is 11.5 Å². The van der Waals surface area contributed by atoms with Crippen LogP contribution in [0.3, 0.4) is 0 Å². The summed E-state index contributed by atoms with van der Waals surface area (Å²) in [5, 5.41) is 2.94. The number of aryl methyl sites for hydroxylation is 2. The molecule has 2 amide bonds. The van der Waals surface area contributed by atoms with E-state index < -0.39 is 28.5 Å². The lowest BCUT2D eigenvalue weighted by atomic mass is 10.1. The number of anilines is 1. The van der Waals surface area contributed by atoms with Crippen LogP contribution >= 0.6 is 15.9 Å². The number of methoxy groups -OCH3 is 2. The largest absolute Gasteiger partial charge is 0.493 e. The normalized spacial score (nSPS) is 12.7. The van der Waals surface area contributed by atoms with Crippen molar-refractivity contribution < 1.29 is 27.5 Å². The van der Waals surface area contributed by atoms with E-state index >= 15 is 0 Å². The Morgan fingerprint density at radius 1 is 0.930 bits per heavy atom. The van der Waals surface area contributed by atoms with Gasteiger partial charge in [-0.15, -0.1) is 0 Å². The van der Waals surface area contributed by atoms with Crippen molar-refractivity contribution in [2.45, 2.75) is 64.6 Å². The monoisotopic (exact) mass is 673 g/mol. The second-order valence-corrected chi connectivity index (χ2v) is 13.3. The summed E-state index contributed by atoms with van der Waals surface area (Å²) in [7, 11) is -1.40. The van der Waals surface area contributed by atoms with Gasteiger partial charge < -0.3 is 19.7 Å². The molecule has 2 atom stereocenters. The SMILES string of the molecule is CC[C@@H](C)NC(=O)[C@@H](C)N(Cc1cccc(Br)c1)C(=O)CN(c1cc(C)cc(C)c1)S(=O)(=O)c1ccc(OC)c(OC)c1. The van der Waals surface area contributed by atoms with Gasteiger partial charge in [0.2, 0.25) is 11.8 Å². The number of carbonyl (C=O) groups is 2. The van der Waals surface area contributed by atoms with E-state index in [1.165, 1.54) is 37.3 Å². The highest BCUT2D eigenvalue weighted by molar-refractivity contribution is 9.10. The van der Waals surface area contributed by atoms with Gasteiger partial charge >= 0.3 is 0 Å². The number of amides is 2. The molecule has 0 aliphatic rings. The summed E-state index contributed by atoms with van der Waals surface area (Å²) in [5.41, 5.74) is 2.79. The van der Waals surface area contributed by atoms with E-state index in [0.717, 1.165) is 31.9 Å². The van der Waals surface area contributed by atoms with Crippen LogP contribution in [-0.2, 0) is 26.2 Å². The second kappa shape index (κ2) is 14.7. The average molecular weight is 675 g/mol. The van der Waals surface area contributed by atoms with Crippen molar-refractivity contribution in [3.63, 3.8) is 0 Å². The maximum atomic E-state index is 14.2. The van der Waals surface area contributed by atoms with Crippen LogP contribution in [-0.4, -0.2) is 58.0 Å². The van der Waals surface area contributed by atoms with Crippen LogP contribution in [0.2, 0.25) is 0 Å². The summed E-state index contributed by atoms with van der Waals surface area (Å²) in [6.45, 7) is 8.79. The Kier molecular flexibility index (Phi) is 11.6. The first kappa shape index (κ1) is 33.9. The molecule has 3 rings (SSSR count). The zero-order valence-corrected chi connectivity index (χ0v) is 28.1. The van der Waals surface area contributed by atoms with Crippen LogP contribution < -0.4 is 19.1 Å². The van der Waals surface area contributed by atoms with Crippen molar-refractivity contribution in [1.29, 1.82) is 0 Å². The Morgan fingerprint density at radius 2 is 1.58 bits per heavy atom. The van der Waals surface area contributed by atoms with Crippen molar-refractivity contribution >= 4 is 43.5 Å². The molecule has 0 radical (unpaired) electrons. The zero-order valence-electron chi connectivity index (χ0n) is 25.7.